The first-order chi connectivity index (χ1) is 15.0. The zero-order valence-corrected chi connectivity index (χ0v) is 19.3. The van der Waals surface area contributed by atoms with Crippen molar-refractivity contribution in [3.05, 3.63) is 70.7 Å². The van der Waals surface area contributed by atoms with E-state index in [0.29, 0.717) is 12.2 Å². The van der Waals surface area contributed by atoms with E-state index in [2.05, 4.69) is 29.2 Å². The molecule has 158 valence electrons. The third-order valence-electron chi connectivity index (χ3n) is 4.85. The van der Waals surface area contributed by atoms with Crippen molar-refractivity contribution < 1.29 is 9.53 Å². The highest BCUT2D eigenvalue weighted by atomic mass is 32.2. The summed E-state index contributed by atoms with van der Waals surface area (Å²) in [6.45, 7) is 0. The van der Waals surface area contributed by atoms with Crippen molar-refractivity contribution in [2.45, 2.75) is 17.2 Å². The molecule has 0 saturated carbocycles. The number of benzene rings is 2. The van der Waals surface area contributed by atoms with Crippen LogP contribution in [0.25, 0.3) is 22.0 Å². The van der Waals surface area contributed by atoms with Gasteiger partial charge >= 0.3 is 0 Å². The van der Waals surface area contributed by atoms with Gasteiger partial charge in [0.2, 0.25) is 5.91 Å². The van der Waals surface area contributed by atoms with Crippen LogP contribution in [0, 0.1) is 0 Å². The van der Waals surface area contributed by atoms with E-state index in [-0.39, 0.29) is 5.91 Å². The second-order valence-corrected chi connectivity index (χ2v) is 9.18. The molecular weight excluding hydrogens is 426 g/mol. The van der Waals surface area contributed by atoms with Gasteiger partial charge in [-0.25, -0.2) is 9.97 Å². The Morgan fingerprint density at radius 2 is 1.90 bits per heavy atom. The first kappa shape index (κ1) is 21.3. The molecule has 0 fully saturated rings. The van der Waals surface area contributed by atoms with E-state index < -0.39 is 0 Å². The summed E-state index contributed by atoms with van der Waals surface area (Å²) in [7, 11) is 5.19. The maximum atomic E-state index is 11.9. The molecule has 1 amide bonds. The molecule has 31 heavy (non-hydrogen) atoms. The molecule has 0 spiro atoms. The molecule has 0 saturated heterocycles. The number of nitrogens with zero attached hydrogens (tertiary/aromatic N) is 3. The van der Waals surface area contributed by atoms with Crippen LogP contribution in [0.3, 0.4) is 0 Å². The van der Waals surface area contributed by atoms with E-state index in [1.165, 1.54) is 11.3 Å². The highest BCUT2D eigenvalue weighted by molar-refractivity contribution is 7.98. The minimum Gasteiger partial charge on any atom is -0.497 e. The van der Waals surface area contributed by atoms with Gasteiger partial charge in [-0.05, 0) is 29.3 Å². The van der Waals surface area contributed by atoms with Gasteiger partial charge in [0.25, 0.3) is 0 Å². The molecule has 0 N–H and O–H groups in total. The molecule has 0 aliphatic carbocycles. The predicted molar refractivity (Wildman–Crippen MR) is 128 cm³/mol. The molecular formula is C24H23N3O2S2. The molecule has 7 heteroatoms. The van der Waals surface area contributed by atoms with Crippen LogP contribution in [0.4, 0.5) is 0 Å². The number of pyridine rings is 1. The van der Waals surface area contributed by atoms with Crippen molar-refractivity contribution in [2.75, 3.05) is 21.2 Å². The van der Waals surface area contributed by atoms with Crippen LogP contribution in [0.5, 0.6) is 5.75 Å². The van der Waals surface area contributed by atoms with Gasteiger partial charge in [0.1, 0.15) is 10.8 Å². The summed E-state index contributed by atoms with van der Waals surface area (Å²) in [5.41, 5.74) is 4.16. The number of methoxy groups -OCH3 is 1. The lowest BCUT2D eigenvalue weighted by Crippen LogP contribution is -2.23. The van der Waals surface area contributed by atoms with Gasteiger partial charge in [0.05, 0.1) is 29.8 Å². The van der Waals surface area contributed by atoms with Gasteiger partial charge in [-0.15, -0.1) is 11.3 Å². The number of fused-ring (bicyclic) bond motifs is 1. The molecule has 0 atom stereocenters. The SMILES string of the molecule is COc1ccc2c(-c3ccccc3)cc(SCc3csc(CC(=O)N(C)C)n3)nc2c1. The Morgan fingerprint density at radius 1 is 1.10 bits per heavy atom. The molecule has 2 aromatic carbocycles. The topological polar surface area (TPSA) is 55.3 Å². The normalized spacial score (nSPS) is 10.9. The summed E-state index contributed by atoms with van der Waals surface area (Å²) in [4.78, 5) is 23.0. The average Bonchev–Trinajstić information content (AvgIpc) is 3.24. The Kier molecular flexibility index (Phi) is 6.53. The Bertz CT molecular complexity index is 1210. The van der Waals surface area contributed by atoms with Crippen LogP contribution in [-0.2, 0) is 17.0 Å². The maximum Gasteiger partial charge on any atom is 0.228 e. The molecule has 2 heterocycles. The highest BCUT2D eigenvalue weighted by Crippen LogP contribution is 2.34. The van der Waals surface area contributed by atoms with Crippen LogP contribution >= 0.6 is 23.1 Å². The van der Waals surface area contributed by atoms with Crippen LogP contribution in [-0.4, -0.2) is 42.0 Å². The van der Waals surface area contributed by atoms with E-state index in [0.717, 1.165) is 43.5 Å². The van der Waals surface area contributed by atoms with Crippen molar-refractivity contribution in [1.82, 2.24) is 14.9 Å². The third-order valence-corrected chi connectivity index (χ3v) is 6.69. The van der Waals surface area contributed by atoms with Gasteiger partial charge in [-0.2, -0.15) is 0 Å². The zero-order chi connectivity index (χ0) is 21.8. The third kappa shape index (κ3) is 5.06. The summed E-state index contributed by atoms with van der Waals surface area (Å²) < 4.78 is 5.40. The monoisotopic (exact) mass is 449 g/mol. The number of thiazole rings is 1. The van der Waals surface area contributed by atoms with Gasteiger partial charge < -0.3 is 9.64 Å². The molecule has 4 rings (SSSR count). The highest BCUT2D eigenvalue weighted by Gasteiger charge is 2.12. The average molecular weight is 450 g/mol. The fourth-order valence-corrected chi connectivity index (χ4v) is 4.87. The molecule has 0 aliphatic rings. The zero-order valence-electron chi connectivity index (χ0n) is 17.7. The van der Waals surface area contributed by atoms with E-state index in [1.54, 1.807) is 37.9 Å². The quantitative estimate of drug-likeness (QED) is 0.359. The summed E-state index contributed by atoms with van der Waals surface area (Å²) in [5, 5.41) is 4.89. The number of hydrogen-bond donors (Lipinski definition) is 0. The van der Waals surface area contributed by atoms with E-state index in [9.17, 15) is 4.79 Å². The van der Waals surface area contributed by atoms with Crippen molar-refractivity contribution in [3.63, 3.8) is 0 Å². The number of rotatable bonds is 7. The standard InChI is InChI=1S/C24H23N3O2S2/c1-27(2)24(28)13-23-25-17(15-31-23)14-30-22-12-20(16-7-5-4-6-8-16)19-10-9-18(29-3)11-21(19)26-22/h4-12,15H,13-14H2,1-3H3. The summed E-state index contributed by atoms with van der Waals surface area (Å²) in [5.74, 6) is 1.55. The second-order valence-electron chi connectivity index (χ2n) is 7.24. The minimum atomic E-state index is 0.0613. The second kappa shape index (κ2) is 9.49. The molecule has 4 aromatic rings. The van der Waals surface area contributed by atoms with Crippen molar-refractivity contribution in [3.8, 4) is 16.9 Å². The Balaban J connectivity index is 1.60. The van der Waals surface area contributed by atoms with Crippen LogP contribution in [0.15, 0.2) is 65.0 Å². The van der Waals surface area contributed by atoms with E-state index in [1.807, 2.05) is 35.7 Å². The summed E-state index contributed by atoms with van der Waals surface area (Å²) in [6, 6.07) is 18.5. The van der Waals surface area contributed by atoms with Gasteiger partial charge in [-0.3, -0.25) is 4.79 Å². The van der Waals surface area contributed by atoms with Crippen molar-refractivity contribution in [2.24, 2.45) is 0 Å². The smallest absolute Gasteiger partial charge is 0.228 e. The molecule has 0 bridgehead atoms. The molecule has 5 nitrogen and oxygen atoms in total. The lowest BCUT2D eigenvalue weighted by molar-refractivity contribution is -0.127. The molecule has 0 unspecified atom stereocenters. The minimum absolute atomic E-state index is 0.0613. The van der Waals surface area contributed by atoms with Gasteiger partial charge in [0.15, 0.2) is 0 Å². The van der Waals surface area contributed by atoms with E-state index in [4.69, 9.17) is 9.72 Å². The Labute approximate surface area is 190 Å². The fraction of sp³-hybridized carbons (Fsp3) is 0.208. The largest absolute Gasteiger partial charge is 0.497 e. The Hall–Kier alpha value is -2.90. The summed E-state index contributed by atoms with van der Waals surface area (Å²) >= 11 is 3.18. The van der Waals surface area contributed by atoms with Gasteiger partial charge in [0, 0.05) is 36.7 Å². The van der Waals surface area contributed by atoms with Crippen LogP contribution in [0.2, 0.25) is 0 Å². The van der Waals surface area contributed by atoms with Crippen molar-refractivity contribution in [1.29, 1.82) is 0 Å². The first-order valence-electron chi connectivity index (χ1n) is 9.84. The molecule has 0 radical (unpaired) electrons. The van der Waals surface area contributed by atoms with E-state index >= 15 is 0 Å². The number of thioether (sulfide) groups is 1. The summed E-state index contributed by atoms with van der Waals surface area (Å²) in [6.07, 6.45) is 0.342. The van der Waals surface area contributed by atoms with Gasteiger partial charge in [-0.1, -0.05) is 42.1 Å². The number of aromatic nitrogens is 2. The lowest BCUT2D eigenvalue weighted by Gasteiger charge is -2.11. The number of amides is 1. The predicted octanol–water partition coefficient (Wildman–Crippen LogP) is 5.29. The number of carbonyl (C=O) groups is 1. The number of carbonyl (C=O) groups excluding carboxylic acids is 1. The number of hydrogen-bond acceptors (Lipinski definition) is 6. The van der Waals surface area contributed by atoms with Crippen LogP contribution in [0.1, 0.15) is 10.7 Å². The lowest BCUT2D eigenvalue weighted by atomic mass is 10.0. The molecule has 2 aromatic heterocycles. The van der Waals surface area contributed by atoms with Crippen molar-refractivity contribution >= 4 is 39.9 Å². The number of likely N-dealkylation sites (N-methyl/N-ethyl adjacent to an activating group) is 1. The fourth-order valence-electron chi connectivity index (χ4n) is 3.17. The molecule has 0 aliphatic heterocycles. The first-order valence-corrected chi connectivity index (χ1v) is 11.7. The maximum absolute atomic E-state index is 11.9. The number of ether oxygens (including phenoxy) is 1. The van der Waals surface area contributed by atoms with Crippen LogP contribution < -0.4 is 4.74 Å². The Morgan fingerprint density at radius 3 is 2.65 bits per heavy atom.